The minimum atomic E-state index is -0.708. The van der Waals surface area contributed by atoms with Gasteiger partial charge in [0.15, 0.2) is 11.4 Å². The first kappa shape index (κ1) is 15.8. The quantitative estimate of drug-likeness (QED) is 0.414. The fraction of sp³-hybridized carbons (Fsp3) is 0.0588. The topological polar surface area (TPSA) is 78.5 Å². The predicted molar refractivity (Wildman–Crippen MR) is 90.9 cm³/mol. The molecule has 2 aromatic carbocycles. The van der Waals surface area contributed by atoms with E-state index in [2.05, 4.69) is 0 Å². The van der Waals surface area contributed by atoms with Crippen molar-refractivity contribution >= 4 is 40.6 Å². The van der Waals surface area contributed by atoms with Gasteiger partial charge in [-0.2, -0.15) is 0 Å². The molecule has 0 fully saturated rings. The number of hydrogen-bond donors (Lipinski definition) is 0. The molecular weight excluding hydrogens is 330 g/mol. The summed E-state index contributed by atoms with van der Waals surface area (Å²) in [5.41, 5.74) is 1.57. The molecule has 0 unspecified atom stereocenters. The van der Waals surface area contributed by atoms with Crippen LogP contribution in [-0.2, 0) is 0 Å². The van der Waals surface area contributed by atoms with Crippen molar-refractivity contribution in [3.8, 4) is 5.75 Å². The lowest BCUT2D eigenvalue weighted by Gasteiger charge is -2.07. The van der Waals surface area contributed by atoms with Crippen molar-refractivity contribution in [2.45, 2.75) is 6.92 Å². The molecule has 0 radical (unpaired) electrons. The molecule has 120 valence electrons. The number of nitrogens with zero attached hydrogens (tertiary/aromatic N) is 1. The average molecular weight is 341 g/mol. The molecule has 0 saturated heterocycles. The van der Waals surface area contributed by atoms with Crippen LogP contribution in [0.3, 0.4) is 0 Å². The number of aromatic nitrogens is 1. The van der Waals surface area contributed by atoms with Crippen LogP contribution in [0.5, 0.6) is 5.75 Å². The normalized spacial score (nSPS) is 10.5. The Kier molecular flexibility index (Phi) is 4.09. The molecule has 0 aliphatic heterocycles. The van der Waals surface area contributed by atoms with Crippen molar-refractivity contribution in [3.05, 3.63) is 64.1 Å². The maximum atomic E-state index is 12.0. The molecule has 1 aromatic heterocycles. The van der Waals surface area contributed by atoms with Crippen LogP contribution < -0.4 is 10.5 Å². The first-order valence-corrected chi connectivity index (χ1v) is 7.34. The molecule has 0 bridgehead atoms. The van der Waals surface area contributed by atoms with Gasteiger partial charge in [-0.25, -0.2) is 9.36 Å². The van der Waals surface area contributed by atoms with Gasteiger partial charge < -0.3 is 9.15 Å². The number of Topliss-reactive ketones (excluding diaryl/α,β-unsaturated/α-hetero) is 1. The van der Waals surface area contributed by atoms with Crippen LogP contribution in [0.15, 0.2) is 51.7 Å². The van der Waals surface area contributed by atoms with Gasteiger partial charge in [-0.3, -0.25) is 9.59 Å². The number of ether oxygens (including phenoxy) is 1. The third-order valence-corrected chi connectivity index (χ3v) is 3.66. The molecule has 0 N–H and O–H groups in total. The highest BCUT2D eigenvalue weighted by Crippen LogP contribution is 2.17. The summed E-state index contributed by atoms with van der Waals surface area (Å²) in [6.07, 6.45) is 0.711. The molecule has 0 saturated carbocycles. The van der Waals surface area contributed by atoms with E-state index in [1.165, 1.54) is 13.0 Å². The van der Waals surface area contributed by atoms with Gasteiger partial charge in [0.05, 0.1) is 5.52 Å². The lowest BCUT2D eigenvalue weighted by molar-refractivity contribution is 0.101. The molecule has 0 atom stereocenters. The van der Waals surface area contributed by atoms with Crippen molar-refractivity contribution < 1.29 is 18.7 Å². The predicted octanol–water partition coefficient (Wildman–Crippen LogP) is 2.82. The molecule has 0 spiro atoms. The third kappa shape index (κ3) is 2.89. The summed E-state index contributed by atoms with van der Waals surface area (Å²) in [4.78, 5) is 34.1. The number of thiocarbonyl (C=S) groups is 1. The minimum Gasteiger partial charge on any atom is -0.431 e. The molecule has 0 aliphatic carbocycles. The van der Waals surface area contributed by atoms with E-state index >= 15 is 0 Å². The third-order valence-electron chi connectivity index (χ3n) is 3.39. The Labute approximate surface area is 141 Å². The van der Waals surface area contributed by atoms with Gasteiger partial charge in [0.2, 0.25) is 0 Å². The molecule has 7 heteroatoms. The SMILES string of the molecule is CC(=O)c1ccc2c(c1)oc(=O)n2C(=S)Oc1ccc(C=O)cc1. The Balaban J connectivity index is 1.97. The van der Waals surface area contributed by atoms with E-state index in [1.54, 1.807) is 36.4 Å². The summed E-state index contributed by atoms with van der Waals surface area (Å²) in [6.45, 7) is 1.42. The largest absolute Gasteiger partial charge is 0.431 e. The summed E-state index contributed by atoms with van der Waals surface area (Å²) >= 11 is 5.16. The van der Waals surface area contributed by atoms with Gasteiger partial charge in [0.1, 0.15) is 12.0 Å². The molecule has 1 heterocycles. The number of carbonyl (C=O) groups is 2. The van der Waals surface area contributed by atoms with Crippen LogP contribution in [-0.4, -0.2) is 21.8 Å². The van der Waals surface area contributed by atoms with Crippen molar-refractivity contribution in [3.63, 3.8) is 0 Å². The highest BCUT2D eigenvalue weighted by Gasteiger charge is 2.16. The summed E-state index contributed by atoms with van der Waals surface area (Å²) in [5, 5.41) is -0.117. The molecule has 0 amide bonds. The Morgan fingerprint density at radius 3 is 2.54 bits per heavy atom. The molecule has 6 nitrogen and oxygen atoms in total. The second kappa shape index (κ2) is 6.21. The first-order chi connectivity index (χ1) is 11.5. The van der Waals surface area contributed by atoms with E-state index in [0.717, 1.165) is 4.57 Å². The standard InChI is InChI=1S/C17H11NO5S/c1-10(20)12-4-7-14-15(8-12)23-16(21)18(14)17(24)22-13-5-2-11(9-19)3-6-13/h2-9H,1H3. The van der Waals surface area contributed by atoms with Crippen molar-refractivity contribution in [1.29, 1.82) is 0 Å². The lowest BCUT2D eigenvalue weighted by atomic mass is 10.1. The molecule has 24 heavy (non-hydrogen) atoms. The second-order valence-corrected chi connectivity index (χ2v) is 5.35. The first-order valence-electron chi connectivity index (χ1n) is 6.93. The molecule has 3 aromatic rings. The fourth-order valence-electron chi connectivity index (χ4n) is 2.17. The lowest BCUT2D eigenvalue weighted by Crippen LogP contribution is -2.25. The van der Waals surface area contributed by atoms with Crippen molar-refractivity contribution in [2.24, 2.45) is 0 Å². The zero-order valence-corrected chi connectivity index (χ0v) is 13.3. The number of oxazole rings is 1. The molecule has 0 aliphatic rings. The van der Waals surface area contributed by atoms with Gasteiger partial charge in [0.25, 0.3) is 5.17 Å². The second-order valence-electron chi connectivity index (χ2n) is 5.00. The van der Waals surface area contributed by atoms with Crippen molar-refractivity contribution in [2.75, 3.05) is 0 Å². The van der Waals surface area contributed by atoms with Crippen LogP contribution in [0.2, 0.25) is 0 Å². The summed E-state index contributed by atoms with van der Waals surface area (Å²) in [7, 11) is 0. The molecular formula is C17H11NO5S. The van der Waals surface area contributed by atoms with E-state index in [9.17, 15) is 14.4 Å². The Morgan fingerprint density at radius 1 is 1.21 bits per heavy atom. The van der Waals surface area contributed by atoms with Crippen LogP contribution in [0.1, 0.15) is 27.6 Å². The zero-order chi connectivity index (χ0) is 17.3. The van der Waals surface area contributed by atoms with Crippen molar-refractivity contribution in [1.82, 2.24) is 4.57 Å². The number of ketones is 1. The van der Waals surface area contributed by atoms with E-state index in [4.69, 9.17) is 21.4 Å². The number of rotatable bonds is 3. The number of fused-ring (bicyclic) bond motifs is 1. The van der Waals surface area contributed by atoms with Gasteiger partial charge in [-0.1, -0.05) is 0 Å². The number of hydrogen-bond acceptors (Lipinski definition) is 6. The maximum absolute atomic E-state index is 12.0. The number of benzene rings is 2. The van der Waals surface area contributed by atoms with Gasteiger partial charge in [-0.05, 0) is 61.6 Å². The van der Waals surface area contributed by atoms with Gasteiger partial charge >= 0.3 is 5.76 Å². The average Bonchev–Trinajstić information content (AvgIpc) is 2.90. The van der Waals surface area contributed by atoms with Crippen LogP contribution in [0, 0.1) is 0 Å². The van der Waals surface area contributed by atoms with E-state index in [0.29, 0.717) is 28.7 Å². The summed E-state index contributed by atoms with van der Waals surface area (Å²) in [5.74, 6) is -0.464. The zero-order valence-electron chi connectivity index (χ0n) is 12.5. The van der Waals surface area contributed by atoms with Crippen LogP contribution in [0.4, 0.5) is 0 Å². The summed E-state index contributed by atoms with van der Waals surface area (Å²) < 4.78 is 11.7. The van der Waals surface area contributed by atoms with E-state index < -0.39 is 5.76 Å². The van der Waals surface area contributed by atoms with E-state index in [1.807, 2.05) is 0 Å². The Morgan fingerprint density at radius 2 is 1.92 bits per heavy atom. The summed E-state index contributed by atoms with van der Waals surface area (Å²) in [6, 6.07) is 10.9. The van der Waals surface area contributed by atoms with Crippen LogP contribution in [0.25, 0.3) is 11.1 Å². The highest BCUT2D eigenvalue weighted by molar-refractivity contribution is 7.80. The van der Waals surface area contributed by atoms with Gasteiger partial charge in [-0.15, -0.1) is 0 Å². The van der Waals surface area contributed by atoms with Gasteiger partial charge in [0, 0.05) is 11.1 Å². The number of carbonyl (C=O) groups excluding carboxylic acids is 2. The maximum Gasteiger partial charge on any atom is 0.427 e. The van der Waals surface area contributed by atoms with Crippen LogP contribution >= 0.6 is 12.2 Å². The molecule has 3 rings (SSSR count). The fourth-order valence-corrected chi connectivity index (χ4v) is 2.44. The van der Waals surface area contributed by atoms with E-state index in [-0.39, 0.29) is 16.5 Å². The number of aldehydes is 1. The minimum absolute atomic E-state index is 0.117. The smallest absolute Gasteiger partial charge is 0.427 e. The highest BCUT2D eigenvalue weighted by atomic mass is 32.1. The Hall–Kier alpha value is -3.06. The monoisotopic (exact) mass is 341 g/mol. The Bertz CT molecular complexity index is 1010.